The first-order valence-electron chi connectivity index (χ1n) is 2.71. The van der Waals surface area contributed by atoms with Crippen LogP contribution < -0.4 is 5.32 Å². The van der Waals surface area contributed by atoms with Crippen LogP contribution in [0.1, 0.15) is 6.42 Å². The lowest BCUT2D eigenvalue weighted by Crippen LogP contribution is -2.12. The normalized spacial score (nSPS) is 28.4. The Balaban J connectivity index is 2.35. The Morgan fingerprint density at radius 2 is 2.50 bits per heavy atom. The molecule has 8 heavy (non-hydrogen) atoms. The smallest absolute Gasteiger partial charge is 0.196 e. The SMILES string of the molecule is O=C(I)[C@H]1CCNC1. The summed E-state index contributed by atoms with van der Waals surface area (Å²) < 4.78 is 0.299. The van der Waals surface area contributed by atoms with Crippen molar-refractivity contribution in [1.29, 1.82) is 0 Å². The first-order valence-corrected chi connectivity index (χ1v) is 3.78. The van der Waals surface area contributed by atoms with Gasteiger partial charge in [0.2, 0.25) is 0 Å². The van der Waals surface area contributed by atoms with Gasteiger partial charge < -0.3 is 5.32 Å². The molecule has 0 aromatic carbocycles. The van der Waals surface area contributed by atoms with Crippen LogP contribution in [0.25, 0.3) is 0 Å². The van der Waals surface area contributed by atoms with E-state index in [1.807, 2.05) is 22.6 Å². The van der Waals surface area contributed by atoms with Crippen molar-refractivity contribution >= 4 is 26.4 Å². The molecule has 0 saturated carbocycles. The fourth-order valence-electron chi connectivity index (χ4n) is 0.848. The number of carbonyl (C=O) groups excluding carboxylic acids is 1. The summed E-state index contributed by atoms with van der Waals surface area (Å²) in [6, 6.07) is 0. The highest BCUT2D eigenvalue weighted by Crippen LogP contribution is 2.11. The number of halogens is 1. The average molecular weight is 225 g/mol. The van der Waals surface area contributed by atoms with Gasteiger partial charge in [-0.2, -0.15) is 0 Å². The predicted octanol–water partition coefficient (Wildman–Crippen LogP) is 0.557. The maximum Gasteiger partial charge on any atom is 0.196 e. The van der Waals surface area contributed by atoms with E-state index in [1.54, 1.807) is 0 Å². The van der Waals surface area contributed by atoms with E-state index in [9.17, 15) is 4.79 Å². The average Bonchev–Trinajstić information content (AvgIpc) is 2.12. The lowest BCUT2D eigenvalue weighted by Gasteiger charge is -1.96. The number of rotatable bonds is 1. The minimum absolute atomic E-state index is 0.299. The van der Waals surface area contributed by atoms with Crippen molar-refractivity contribution in [1.82, 2.24) is 5.32 Å². The highest BCUT2D eigenvalue weighted by molar-refractivity contribution is 14.1. The molecule has 0 radical (unpaired) electrons. The minimum atomic E-state index is 0.299. The largest absolute Gasteiger partial charge is 0.316 e. The highest BCUT2D eigenvalue weighted by atomic mass is 127. The molecule has 0 unspecified atom stereocenters. The van der Waals surface area contributed by atoms with E-state index in [1.165, 1.54) is 0 Å². The van der Waals surface area contributed by atoms with Gasteiger partial charge >= 0.3 is 0 Å². The summed E-state index contributed by atoms with van der Waals surface area (Å²) in [5, 5.41) is 3.13. The van der Waals surface area contributed by atoms with Crippen LogP contribution in [-0.4, -0.2) is 16.9 Å². The molecule has 1 saturated heterocycles. The van der Waals surface area contributed by atoms with E-state index in [2.05, 4.69) is 5.32 Å². The molecule has 1 heterocycles. The Morgan fingerprint density at radius 1 is 1.75 bits per heavy atom. The molecule has 0 aromatic heterocycles. The van der Waals surface area contributed by atoms with E-state index in [-0.39, 0.29) is 0 Å². The fourth-order valence-corrected chi connectivity index (χ4v) is 1.38. The number of hydrogen-bond acceptors (Lipinski definition) is 2. The van der Waals surface area contributed by atoms with E-state index < -0.39 is 0 Å². The Kier molecular flexibility index (Phi) is 2.25. The van der Waals surface area contributed by atoms with Crippen LogP contribution in [0, 0.1) is 5.92 Å². The summed E-state index contributed by atoms with van der Waals surface area (Å²) in [6.45, 7) is 1.90. The van der Waals surface area contributed by atoms with Crippen molar-refractivity contribution in [3.63, 3.8) is 0 Å². The zero-order chi connectivity index (χ0) is 5.98. The molecule has 46 valence electrons. The molecule has 0 bridgehead atoms. The zero-order valence-electron chi connectivity index (χ0n) is 4.48. The second-order valence-corrected chi connectivity index (χ2v) is 3.06. The zero-order valence-corrected chi connectivity index (χ0v) is 6.64. The lowest BCUT2D eigenvalue weighted by atomic mass is 10.1. The van der Waals surface area contributed by atoms with Crippen molar-refractivity contribution in [2.75, 3.05) is 13.1 Å². The van der Waals surface area contributed by atoms with Crippen molar-refractivity contribution in [3.05, 3.63) is 0 Å². The molecule has 1 aliphatic heterocycles. The van der Waals surface area contributed by atoms with E-state index in [0.29, 0.717) is 9.71 Å². The Bertz CT molecular complexity index is 98.6. The van der Waals surface area contributed by atoms with Crippen LogP contribution in [0.15, 0.2) is 0 Å². The van der Waals surface area contributed by atoms with Crippen LogP contribution in [0.4, 0.5) is 0 Å². The molecular formula is C5H8INO. The molecule has 0 amide bonds. The molecule has 1 atom stereocenters. The minimum Gasteiger partial charge on any atom is -0.316 e. The van der Waals surface area contributed by atoms with Gasteiger partial charge in [-0.05, 0) is 35.6 Å². The van der Waals surface area contributed by atoms with E-state index in [0.717, 1.165) is 19.5 Å². The summed E-state index contributed by atoms with van der Waals surface area (Å²) in [6.07, 6.45) is 1.03. The van der Waals surface area contributed by atoms with Crippen LogP contribution in [-0.2, 0) is 4.79 Å². The van der Waals surface area contributed by atoms with Gasteiger partial charge in [-0.1, -0.05) is 0 Å². The van der Waals surface area contributed by atoms with Crippen LogP contribution in [0.5, 0.6) is 0 Å². The number of carbonyl (C=O) groups is 1. The molecular weight excluding hydrogens is 217 g/mol. The topological polar surface area (TPSA) is 29.1 Å². The molecule has 2 nitrogen and oxygen atoms in total. The number of hydrogen-bond donors (Lipinski definition) is 1. The van der Waals surface area contributed by atoms with Crippen LogP contribution in [0.3, 0.4) is 0 Å². The van der Waals surface area contributed by atoms with Gasteiger partial charge in [-0.3, -0.25) is 4.79 Å². The van der Waals surface area contributed by atoms with Gasteiger partial charge in [0.25, 0.3) is 0 Å². The first kappa shape index (κ1) is 6.48. The molecule has 0 aromatic rings. The van der Waals surface area contributed by atoms with Crippen molar-refractivity contribution < 1.29 is 4.79 Å². The highest BCUT2D eigenvalue weighted by Gasteiger charge is 2.19. The van der Waals surface area contributed by atoms with E-state index >= 15 is 0 Å². The van der Waals surface area contributed by atoms with Crippen LogP contribution in [0.2, 0.25) is 0 Å². The standard InChI is InChI=1S/C5H8INO/c6-5(8)4-1-2-7-3-4/h4,7H,1-3H2/t4-/m0/s1. The predicted molar refractivity (Wildman–Crippen MR) is 40.0 cm³/mol. The van der Waals surface area contributed by atoms with Gasteiger partial charge in [0.1, 0.15) is 0 Å². The maximum atomic E-state index is 10.6. The van der Waals surface area contributed by atoms with Gasteiger partial charge in [0, 0.05) is 12.5 Å². The third-order valence-corrected chi connectivity index (χ3v) is 2.26. The van der Waals surface area contributed by atoms with Gasteiger partial charge in [0.15, 0.2) is 3.79 Å². The van der Waals surface area contributed by atoms with E-state index in [4.69, 9.17) is 0 Å². The van der Waals surface area contributed by atoms with Crippen molar-refractivity contribution in [3.8, 4) is 0 Å². The van der Waals surface area contributed by atoms with Crippen molar-refractivity contribution in [2.45, 2.75) is 6.42 Å². The number of nitrogens with one attached hydrogen (secondary N) is 1. The van der Waals surface area contributed by atoms with Gasteiger partial charge in [-0.25, -0.2) is 0 Å². The molecule has 1 fully saturated rings. The molecule has 1 rings (SSSR count). The van der Waals surface area contributed by atoms with Crippen molar-refractivity contribution in [2.24, 2.45) is 5.92 Å². The quantitative estimate of drug-likeness (QED) is 0.521. The first-order chi connectivity index (χ1) is 3.80. The molecule has 0 spiro atoms. The molecule has 0 aliphatic carbocycles. The monoisotopic (exact) mass is 225 g/mol. The Hall–Kier alpha value is 0.360. The second-order valence-electron chi connectivity index (χ2n) is 1.99. The molecule has 1 aliphatic rings. The Labute approximate surface area is 62.2 Å². The molecule has 3 heteroatoms. The summed E-state index contributed by atoms with van der Waals surface area (Å²) in [5.74, 6) is 0.301. The third-order valence-electron chi connectivity index (χ3n) is 1.38. The van der Waals surface area contributed by atoms with Gasteiger partial charge in [0.05, 0.1) is 0 Å². The maximum absolute atomic E-state index is 10.6. The summed E-state index contributed by atoms with van der Waals surface area (Å²) in [4.78, 5) is 10.6. The second kappa shape index (κ2) is 2.77. The lowest BCUT2D eigenvalue weighted by molar-refractivity contribution is -0.112. The third kappa shape index (κ3) is 1.42. The Morgan fingerprint density at radius 3 is 2.75 bits per heavy atom. The van der Waals surface area contributed by atoms with Crippen LogP contribution >= 0.6 is 22.6 Å². The summed E-state index contributed by atoms with van der Waals surface area (Å²) in [7, 11) is 0. The molecule has 1 N–H and O–H groups in total. The summed E-state index contributed by atoms with van der Waals surface area (Å²) >= 11 is 1.87. The fraction of sp³-hybridized carbons (Fsp3) is 0.800. The summed E-state index contributed by atoms with van der Waals surface area (Å²) in [5.41, 5.74) is 0. The van der Waals surface area contributed by atoms with Gasteiger partial charge in [-0.15, -0.1) is 0 Å².